The molecule has 26 heavy (non-hydrogen) atoms. The van der Waals surface area contributed by atoms with Gasteiger partial charge in [0.15, 0.2) is 0 Å². The molecule has 0 saturated heterocycles. The molecule has 0 aliphatic heterocycles. The lowest BCUT2D eigenvalue weighted by Crippen LogP contribution is -2.22. The quantitative estimate of drug-likeness (QED) is 0.604. The van der Waals surface area contributed by atoms with Gasteiger partial charge >= 0.3 is 0 Å². The molecule has 5 heteroatoms. The van der Waals surface area contributed by atoms with Gasteiger partial charge in [0, 0.05) is 35.6 Å². The number of furan rings is 1. The number of benzene rings is 2. The fraction of sp³-hybridized carbons (Fsp3) is 0.143. The van der Waals surface area contributed by atoms with Crippen LogP contribution in [0.2, 0.25) is 0 Å². The van der Waals surface area contributed by atoms with Crippen molar-refractivity contribution in [3.8, 4) is 5.69 Å². The molecule has 5 nitrogen and oxygen atoms in total. The topological polar surface area (TPSA) is 60.1 Å². The van der Waals surface area contributed by atoms with E-state index in [0.29, 0.717) is 12.1 Å². The summed E-state index contributed by atoms with van der Waals surface area (Å²) in [5.41, 5.74) is 3.52. The van der Waals surface area contributed by atoms with E-state index in [-0.39, 0.29) is 5.91 Å². The molecule has 2 aromatic heterocycles. The molecule has 1 N–H and O–H groups in total. The average molecular weight is 345 g/mol. The van der Waals surface area contributed by atoms with Gasteiger partial charge in [0.2, 0.25) is 0 Å². The van der Waals surface area contributed by atoms with E-state index in [2.05, 4.69) is 10.3 Å². The normalized spacial score (nSPS) is 11.0. The number of carbonyl (C=O) groups excluding carboxylic acids is 1. The van der Waals surface area contributed by atoms with Crippen LogP contribution < -0.4 is 5.32 Å². The van der Waals surface area contributed by atoms with Crippen molar-refractivity contribution in [3.63, 3.8) is 0 Å². The van der Waals surface area contributed by atoms with Crippen LogP contribution in [0.25, 0.3) is 16.7 Å². The maximum atomic E-state index is 12.4. The summed E-state index contributed by atoms with van der Waals surface area (Å²) in [5.74, 6) is 1.68. The molecule has 0 aliphatic carbocycles. The van der Waals surface area contributed by atoms with E-state index in [0.717, 1.165) is 33.8 Å². The van der Waals surface area contributed by atoms with Crippen LogP contribution in [-0.4, -0.2) is 15.5 Å². The molecular weight excluding hydrogens is 326 g/mol. The van der Waals surface area contributed by atoms with Crippen LogP contribution in [0.1, 0.15) is 27.5 Å². The lowest BCUT2D eigenvalue weighted by molar-refractivity contribution is 0.0951. The first-order valence-corrected chi connectivity index (χ1v) is 8.48. The van der Waals surface area contributed by atoms with Crippen LogP contribution in [0, 0.1) is 13.8 Å². The van der Waals surface area contributed by atoms with Gasteiger partial charge < -0.3 is 14.3 Å². The third kappa shape index (κ3) is 3.11. The Bertz CT molecular complexity index is 1070. The Labute approximate surface area is 151 Å². The lowest BCUT2D eigenvalue weighted by Gasteiger charge is -2.08. The number of fused-ring (bicyclic) bond motifs is 1. The van der Waals surface area contributed by atoms with Crippen molar-refractivity contribution in [1.29, 1.82) is 0 Å². The number of imidazole rings is 1. The first kappa shape index (κ1) is 16.1. The molecule has 4 aromatic rings. The summed E-state index contributed by atoms with van der Waals surface area (Å²) in [4.78, 5) is 16.6. The summed E-state index contributed by atoms with van der Waals surface area (Å²) in [7, 11) is 0. The summed E-state index contributed by atoms with van der Waals surface area (Å²) in [6, 6.07) is 15.5. The van der Waals surface area contributed by atoms with E-state index in [1.165, 1.54) is 0 Å². The predicted octanol–water partition coefficient (Wildman–Crippen LogP) is 4.17. The third-order valence-electron chi connectivity index (χ3n) is 4.40. The van der Waals surface area contributed by atoms with Gasteiger partial charge in [-0.3, -0.25) is 4.79 Å². The fourth-order valence-corrected chi connectivity index (χ4v) is 3.03. The Balaban J connectivity index is 1.44. The van der Waals surface area contributed by atoms with Crippen molar-refractivity contribution >= 4 is 16.9 Å². The molecule has 0 bridgehead atoms. The Kier molecular flexibility index (Phi) is 4.05. The molecule has 0 spiro atoms. The molecular formula is C21H19N3O2. The molecule has 0 fully saturated rings. The molecule has 2 heterocycles. The maximum Gasteiger partial charge on any atom is 0.251 e. The van der Waals surface area contributed by atoms with Crippen molar-refractivity contribution in [1.82, 2.24) is 14.9 Å². The average Bonchev–Trinajstić information content (AvgIpc) is 3.23. The first-order valence-electron chi connectivity index (χ1n) is 8.48. The van der Waals surface area contributed by atoms with Crippen LogP contribution >= 0.6 is 0 Å². The number of aryl methyl sites for hydroxylation is 2. The fourth-order valence-electron chi connectivity index (χ4n) is 3.03. The second-order valence-electron chi connectivity index (χ2n) is 6.30. The van der Waals surface area contributed by atoms with E-state index in [9.17, 15) is 4.79 Å². The zero-order valence-electron chi connectivity index (χ0n) is 14.7. The zero-order chi connectivity index (χ0) is 18.1. The Morgan fingerprint density at radius 3 is 2.65 bits per heavy atom. The van der Waals surface area contributed by atoms with Crippen molar-refractivity contribution in [2.45, 2.75) is 20.4 Å². The van der Waals surface area contributed by atoms with Crippen LogP contribution in [0.5, 0.6) is 0 Å². The second-order valence-corrected chi connectivity index (χ2v) is 6.30. The number of rotatable bonds is 4. The van der Waals surface area contributed by atoms with E-state index in [4.69, 9.17) is 4.42 Å². The Morgan fingerprint density at radius 2 is 1.92 bits per heavy atom. The molecule has 130 valence electrons. The lowest BCUT2D eigenvalue weighted by atomic mass is 10.1. The van der Waals surface area contributed by atoms with E-state index in [1.807, 2.05) is 67.1 Å². The van der Waals surface area contributed by atoms with Gasteiger partial charge in [-0.1, -0.05) is 12.1 Å². The highest BCUT2D eigenvalue weighted by atomic mass is 16.3. The highest BCUT2D eigenvalue weighted by Gasteiger charge is 2.08. The van der Waals surface area contributed by atoms with Crippen LogP contribution in [0.4, 0.5) is 0 Å². The molecule has 0 atom stereocenters. The molecule has 2 aromatic carbocycles. The van der Waals surface area contributed by atoms with Gasteiger partial charge in [-0.25, -0.2) is 4.98 Å². The zero-order valence-corrected chi connectivity index (χ0v) is 14.7. The summed E-state index contributed by atoms with van der Waals surface area (Å²) >= 11 is 0. The largest absolute Gasteiger partial charge is 0.461 e. The minimum atomic E-state index is -0.0970. The number of carbonyl (C=O) groups is 1. The number of aromatic nitrogens is 2. The van der Waals surface area contributed by atoms with Crippen LogP contribution in [0.15, 0.2) is 65.3 Å². The summed E-state index contributed by atoms with van der Waals surface area (Å²) in [6.07, 6.45) is 3.71. The highest BCUT2D eigenvalue weighted by Crippen LogP contribution is 2.20. The SMILES string of the molecule is Cc1cc2cc(C(=O)NCc3ccc(-n4ccnc4C)cc3)ccc2o1. The van der Waals surface area contributed by atoms with Crippen LogP contribution in [-0.2, 0) is 6.54 Å². The predicted molar refractivity (Wildman–Crippen MR) is 100 cm³/mol. The smallest absolute Gasteiger partial charge is 0.251 e. The number of amides is 1. The van der Waals surface area contributed by atoms with Gasteiger partial charge in [-0.05, 0) is 55.8 Å². The Morgan fingerprint density at radius 1 is 1.12 bits per heavy atom. The van der Waals surface area contributed by atoms with Gasteiger partial charge in [-0.2, -0.15) is 0 Å². The van der Waals surface area contributed by atoms with E-state index < -0.39 is 0 Å². The number of nitrogens with zero attached hydrogens (tertiary/aromatic N) is 2. The van der Waals surface area contributed by atoms with Crippen LogP contribution in [0.3, 0.4) is 0 Å². The standard InChI is InChI=1S/C21H19N3O2/c1-14-11-18-12-17(5-8-20(18)26-14)21(25)23-13-16-3-6-19(7-4-16)24-10-9-22-15(24)2/h3-12H,13H2,1-2H3,(H,23,25). The minimum Gasteiger partial charge on any atom is -0.461 e. The molecule has 0 unspecified atom stereocenters. The molecule has 0 radical (unpaired) electrons. The van der Waals surface area contributed by atoms with E-state index >= 15 is 0 Å². The van der Waals surface area contributed by atoms with Crippen molar-refractivity contribution in [2.75, 3.05) is 0 Å². The van der Waals surface area contributed by atoms with Crippen molar-refractivity contribution < 1.29 is 9.21 Å². The highest BCUT2D eigenvalue weighted by molar-refractivity contribution is 5.97. The minimum absolute atomic E-state index is 0.0970. The maximum absolute atomic E-state index is 12.4. The van der Waals surface area contributed by atoms with Gasteiger partial charge in [0.1, 0.15) is 17.2 Å². The number of hydrogen-bond donors (Lipinski definition) is 1. The Hall–Kier alpha value is -3.34. The monoisotopic (exact) mass is 345 g/mol. The number of hydrogen-bond acceptors (Lipinski definition) is 3. The summed E-state index contributed by atoms with van der Waals surface area (Å²) in [5, 5.41) is 3.90. The van der Waals surface area contributed by atoms with Crippen molar-refractivity contribution in [2.24, 2.45) is 0 Å². The molecule has 4 rings (SSSR count). The van der Waals surface area contributed by atoms with Crippen molar-refractivity contribution in [3.05, 3.63) is 83.6 Å². The summed E-state index contributed by atoms with van der Waals surface area (Å²) < 4.78 is 7.56. The number of nitrogens with one attached hydrogen (secondary N) is 1. The van der Waals surface area contributed by atoms with Gasteiger partial charge in [-0.15, -0.1) is 0 Å². The van der Waals surface area contributed by atoms with E-state index in [1.54, 1.807) is 12.3 Å². The second kappa shape index (κ2) is 6.52. The molecule has 1 amide bonds. The molecule has 0 saturated carbocycles. The first-order chi connectivity index (χ1) is 12.6. The summed E-state index contributed by atoms with van der Waals surface area (Å²) in [6.45, 7) is 4.34. The third-order valence-corrected chi connectivity index (χ3v) is 4.40. The van der Waals surface area contributed by atoms with Gasteiger partial charge in [0.25, 0.3) is 5.91 Å². The molecule has 0 aliphatic rings. The van der Waals surface area contributed by atoms with Gasteiger partial charge in [0.05, 0.1) is 0 Å².